The van der Waals surface area contributed by atoms with E-state index < -0.39 is 0 Å². The van der Waals surface area contributed by atoms with Crippen molar-refractivity contribution >= 4 is 10.9 Å². The first-order valence-corrected chi connectivity index (χ1v) is 11.1. The van der Waals surface area contributed by atoms with Crippen LogP contribution in [0.5, 0.6) is 0 Å². The van der Waals surface area contributed by atoms with Crippen LogP contribution in [0.4, 0.5) is 0 Å². The van der Waals surface area contributed by atoms with Crippen molar-refractivity contribution in [1.29, 1.82) is 0 Å². The minimum atomic E-state index is 0.583. The predicted octanol–water partition coefficient (Wildman–Crippen LogP) is 7.25. The Bertz CT molecular complexity index is 925. The molecule has 4 unspecified atom stereocenters. The molecule has 2 aromatic rings. The van der Waals surface area contributed by atoms with Crippen LogP contribution in [0.3, 0.4) is 0 Å². The Morgan fingerprint density at radius 3 is 2.93 bits per heavy atom. The summed E-state index contributed by atoms with van der Waals surface area (Å²) in [5.41, 5.74) is 7.86. The number of rotatable bonds is 3. The highest BCUT2D eigenvalue weighted by Crippen LogP contribution is 2.55. The van der Waals surface area contributed by atoms with Gasteiger partial charge >= 0.3 is 0 Å². The molecule has 0 aliphatic heterocycles. The summed E-state index contributed by atoms with van der Waals surface area (Å²) in [6.07, 6.45) is 15.3. The second-order valence-corrected chi connectivity index (χ2v) is 9.54. The van der Waals surface area contributed by atoms with Gasteiger partial charge in [-0.25, -0.2) is 0 Å². The van der Waals surface area contributed by atoms with Gasteiger partial charge < -0.3 is 4.57 Å². The zero-order valence-corrected chi connectivity index (χ0v) is 17.2. The summed E-state index contributed by atoms with van der Waals surface area (Å²) in [6, 6.07) is 7.17. The molecule has 1 heterocycles. The molecule has 1 nitrogen and oxygen atoms in total. The van der Waals surface area contributed by atoms with Crippen molar-refractivity contribution in [3.05, 3.63) is 58.8 Å². The fourth-order valence-corrected chi connectivity index (χ4v) is 6.19. The largest absolute Gasteiger partial charge is 0.343 e. The third-order valence-electron chi connectivity index (χ3n) is 7.37. The van der Waals surface area contributed by atoms with Crippen LogP contribution in [0.25, 0.3) is 10.9 Å². The van der Waals surface area contributed by atoms with E-state index in [4.69, 9.17) is 0 Å². The van der Waals surface area contributed by atoms with Crippen molar-refractivity contribution in [3.63, 3.8) is 0 Å². The van der Waals surface area contributed by atoms with Crippen LogP contribution in [0, 0.1) is 18.8 Å². The van der Waals surface area contributed by atoms with Crippen molar-refractivity contribution in [2.45, 2.75) is 77.7 Å². The smallest absolute Gasteiger partial charge is 0.0485 e. The molecule has 0 saturated heterocycles. The van der Waals surface area contributed by atoms with Gasteiger partial charge in [0.2, 0.25) is 0 Å². The Balaban J connectivity index is 1.60. The monoisotopic (exact) mass is 359 g/mol. The molecular formula is C26H33N. The van der Waals surface area contributed by atoms with Gasteiger partial charge in [-0.15, -0.1) is 0 Å². The number of fused-ring (bicyclic) bond motifs is 3. The molecule has 0 amide bonds. The van der Waals surface area contributed by atoms with Gasteiger partial charge in [-0.2, -0.15) is 0 Å². The molecule has 0 N–H and O–H groups in total. The first-order chi connectivity index (χ1) is 13.1. The first kappa shape index (κ1) is 17.3. The van der Waals surface area contributed by atoms with E-state index in [2.05, 4.69) is 61.8 Å². The quantitative estimate of drug-likeness (QED) is 0.544. The van der Waals surface area contributed by atoms with Crippen LogP contribution >= 0.6 is 0 Å². The van der Waals surface area contributed by atoms with Gasteiger partial charge in [-0.05, 0) is 80.9 Å². The maximum Gasteiger partial charge on any atom is 0.0485 e. The van der Waals surface area contributed by atoms with Gasteiger partial charge in [0.25, 0.3) is 0 Å². The third kappa shape index (κ3) is 2.91. The Kier molecular flexibility index (Phi) is 4.30. The average Bonchev–Trinajstić information content (AvgIpc) is 2.98. The van der Waals surface area contributed by atoms with E-state index >= 15 is 0 Å². The summed E-state index contributed by atoms with van der Waals surface area (Å²) in [5.74, 6) is 2.99. The molecule has 2 bridgehead atoms. The Labute approximate surface area is 164 Å². The summed E-state index contributed by atoms with van der Waals surface area (Å²) in [7, 11) is 0. The van der Waals surface area contributed by atoms with Crippen LogP contribution in [0.1, 0.15) is 81.0 Å². The van der Waals surface area contributed by atoms with Crippen LogP contribution in [-0.2, 0) is 6.54 Å². The van der Waals surface area contributed by atoms with Crippen molar-refractivity contribution in [3.8, 4) is 0 Å². The molecule has 4 atom stereocenters. The van der Waals surface area contributed by atoms with E-state index in [1.165, 1.54) is 49.6 Å². The summed E-state index contributed by atoms with van der Waals surface area (Å²) in [4.78, 5) is 0. The number of hydrogen-bond acceptors (Lipinski definition) is 0. The molecule has 1 aromatic carbocycles. The molecular weight excluding hydrogens is 326 g/mol. The molecule has 1 fully saturated rings. The Morgan fingerprint density at radius 1 is 1.26 bits per heavy atom. The SMILES string of the molecule is Cc1ccc2c(c1)c1c(n2CC(C)C=C2C=CCCC2)C2CCC1CC2C. The van der Waals surface area contributed by atoms with E-state index in [1.54, 1.807) is 22.2 Å². The molecule has 142 valence electrons. The lowest BCUT2D eigenvalue weighted by Crippen LogP contribution is -2.30. The molecule has 27 heavy (non-hydrogen) atoms. The van der Waals surface area contributed by atoms with Crippen LogP contribution in [0.2, 0.25) is 0 Å². The third-order valence-corrected chi connectivity index (χ3v) is 7.37. The van der Waals surface area contributed by atoms with Crippen molar-refractivity contribution in [2.75, 3.05) is 0 Å². The fourth-order valence-electron chi connectivity index (χ4n) is 6.19. The molecule has 1 heteroatoms. The van der Waals surface area contributed by atoms with Gasteiger partial charge in [-0.1, -0.05) is 49.3 Å². The van der Waals surface area contributed by atoms with E-state index in [0.29, 0.717) is 5.92 Å². The highest BCUT2D eigenvalue weighted by Gasteiger charge is 2.41. The van der Waals surface area contributed by atoms with E-state index in [0.717, 1.165) is 24.3 Å². The summed E-state index contributed by atoms with van der Waals surface area (Å²) < 4.78 is 2.73. The van der Waals surface area contributed by atoms with Crippen molar-refractivity contribution in [1.82, 2.24) is 4.57 Å². The van der Waals surface area contributed by atoms with E-state index in [9.17, 15) is 0 Å². The molecule has 1 saturated carbocycles. The van der Waals surface area contributed by atoms with Gasteiger partial charge in [-0.3, -0.25) is 0 Å². The number of aromatic nitrogens is 1. The summed E-state index contributed by atoms with van der Waals surface area (Å²) >= 11 is 0. The van der Waals surface area contributed by atoms with E-state index in [1.807, 2.05) is 0 Å². The molecule has 4 aliphatic carbocycles. The second kappa shape index (κ2) is 6.69. The predicted molar refractivity (Wildman–Crippen MR) is 115 cm³/mol. The number of hydrogen-bond donors (Lipinski definition) is 0. The van der Waals surface area contributed by atoms with Gasteiger partial charge in [0.05, 0.1) is 0 Å². The lowest BCUT2D eigenvalue weighted by molar-refractivity contribution is 0.256. The number of benzene rings is 1. The highest BCUT2D eigenvalue weighted by molar-refractivity contribution is 5.87. The fraction of sp³-hybridized carbons (Fsp3) is 0.538. The maximum atomic E-state index is 2.73. The Hall–Kier alpha value is -1.76. The number of aryl methyl sites for hydroxylation is 1. The minimum Gasteiger partial charge on any atom is -0.343 e. The zero-order chi connectivity index (χ0) is 18.5. The molecule has 6 rings (SSSR count). The lowest BCUT2D eigenvalue weighted by Gasteiger charge is -2.42. The molecule has 1 aromatic heterocycles. The van der Waals surface area contributed by atoms with Crippen LogP contribution < -0.4 is 0 Å². The van der Waals surface area contributed by atoms with Crippen molar-refractivity contribution in [2.24, 2.45) is 11.8 Å². The van der Waals surface area contributed by atoms with Gasteiger partial charge in [0.1, 0.15) is 0 Å². The van der Waals surface area contributed by atoms with Gasteiger partial charge in [0, 0.05) is 29.1 Å². The Morgan fingerprint density at radius 2 is 2.15 bits per heavy atom. The highest BCUT2D eigenvalue weighted by atomic mass is 15.0. The first-order valence-electron chi connectivity index (χ1n) is 11.1. The topological polar surface area (TPSA) is 4.93 Å². The minimum absolute atomic E-state index is 0.583. The number of nitrogens with zero attached hydrogens (tertiary/aromatic N) is 1. The maximum absolute atomic E-state index is 2.73. The summed E-state index contributed by atoms with van der Waals surface area (Å²) in [6.45, 7) is 8.27. The number of allylic oxidation sites excluding steroid dienone is 4. The normalized spacial score (nSPS) is 29.4. The molecule has 0 spiro atoms. The van der Waals surface area contributed by atoms with Crippen LogP contribution in [0.15, 0.2) is 42.0 Å². The molecule has 4 aliphatic rings. The zero-order valence-electron chi connectivity index (χ0n) is 17.2. The van der Waals surface area contributed by atoms with Crippen molar-refractivity contribution < 1.29 is 0 Å². The average molecular weight is 360 g/mol. The summed E-state index contributed by atoms with van der Waals surface area (Å²) in [5, 5.41) is 1.56. The standard InChI is InChI=1S/C26H33N/c1-17-9-12-24-23(14-17)25-21-10-11-22(19(3)15-21)26(25)27(24)16-18(2)13-20-7-5-4-6-8-20/h5,7,9,12-14,18-19,21-22H,4,6,8,10-11,15-16H2,1-3H3. The molecule has 0 radical (unpaired) electrons. The van der Waals surface area contributed by atoms with Crippen LogP contribution in [-0.4, -0.2) is 4.57 Å². The second-order valence-electron chi connectivity index (χ2n) is 9.54. The lowest BCUT2D eigenvalue weighted by atomic mass is 9.64. The van der Waals surface area contributed by atoms with E-state index in [-0.39, 0.29) is 0 Å². The van der Waals surface area contributed by atoms with Gasteiger partial charge in [0.15, 0.2) is 0 Å².